The smallest absolute Gasteiger partial charge is 0.0888 e. The Hall–Kier alpha value is -1.45. The fraction of sp³-hybridized carbons (Fsp3) is 0.471. The quantitative estimate of drug-likeness (QED) is 0.847. The summed E-state index contributed by atoms with van der Waals surface area (Å²) in [5.74, 6) is 0. The number of benzene rings is 1. The van der Waals surface area contributed by atoms with Crippen LogP contribution in [-0.2, 0) is 11.3 Å². The number of hydrogen-bond donors (Lipinski definition) is 1. The van der Waals surface area contributed by atoms with Crippen molar-refractivity contribution in [2.24, 2.45) is 0 Å². The van der Waals surface area contributed by atoms with E-state index in [0.717, 1.165) is 30.8 Å². The zero-order valence-corrected chi connectivity index (χ0v) is 11.8. The number of rotatable bonds is 5. The van der Waals surface area contributed by atoms with Crippen molar-refractivity contribution in [2.75, 3.05) is 13.2 Å². The maximum absolute atomic E-state index is 5.77. The SMILES string of the molecule is c1ccc2nc(COCCC3CCCCN3)ccc2c1. The van der Waals surface area contributed by atoms with Crippen molar-refractivity contribution < 1.29 is 4.74 Å². The summed E-state index contributed by atoms with van der Waals surface area (Å²) in [5.41, 5.74) is 2.06. The van der Waals surface area contributed by atoms with E-state index in [9.17, 15) is 0 Å². The van der Waals surface area contributed by atoms with Crippen LogP contribution >= 0.6 is 0 Å². The van der Waals surface area contributed by atoms with E-state index in [4.69, 9.17) is 4.74 Å². The zero-order chi connectivity index (χ0) is 13.6. The molecule has 1 fully saturated rings. The molecule has 0 aliphatic carbocycles. The van der Waals surface area contributed by atoms with Crippen LogP contribution in [0.4, 0.5) is 0 Å². The van der Waals surface area contributed by atoms with Crippen LogP contribution < -0.4 is 5.32 Å². The molecule has 3 heteroatoms. The number of aromatic nitrogens is 1. The van der Waals surface area contributed by atoms with Crippen LogP contribution in [0.25, 0.3) is 10.9 Å². The number of pyridine rings is 1. The first-order chi connectivity index (χ1) is 9.92. The van der Waals surface area contributed by atoms with E-state index < -0.39 is 0 Å². The molecule has 1 atom stereocenters. The molecule has 3 rings (SSSR count). The van der Waals surface area contributed by atoms with Crippen LogP contribution in [0.3, 0.4) is 0 Å². The van der Waals surface area contributed by atoms with Gasteiger partial charge in [-0.3, -0.25) is 4.98 Å². The molecular formula is C17H22N2O. The highest BCUT2D eigenvalue weighted by molar-refractivity contribution is 5.78. The van der Waals surface area contributed by atoms with Crippen molar-refractivity contribution in [1.82, 2.24) is 10.3 Å². The molecule has 1 unspecified atom stereocenters. The topological polar surface area (TPSA) is 34.1 Å². The third-order valence-corrected chi connectivity index (χ3v) is 3.93. The number of ether oxygens (including phenoxy) is 1. The summed E-state index contributed by atoms with van der Waals surface area (Å²) in [6.07, 6.45) is 5.06. The normalized spacial score (nSPS) is 19.3. The third-order valence-electron chi connectivity index (χ3n) is 3.93. The largest absolute Gasteiger partial charge is 0.375 e. The second kappa shape index (κ2) is 6.82. The molecule has 3 nitrogen and oxygen atoms in total. The standard InChI is InChI=1S/C17H22N2O/c1-2-7-17-14(5-1)8-9-16(19-17)13-20-12-10-15-6-3-4-11-18-15/h1-2,5,7-9,15,18H,3-4,6,10-13H2. The molecule has 0 bridgehead atoms. The van der Waals surface area contributed by atoms with Gasteiger partial charge in [0, 0.05) is 18.0 Å². The van der Waals surface area contributed by atoms with E-state index in [-0.39, 0.29) is 0 Å². The summed E-state index contributed by atoms with van der Waals surface area (Å²) in [5, 5.41) is 4.73. The van der Waals surface area contributed by atoms with Crippen LogP contribution in [0.5, 0.6) is 0 Å². The van der Waals surface area contributed by atoms with Gasteiger partial charge in [0.05, 0.1) is 17.8 Å². The predicted molar refractivity (Wildman–Crippen MR) is 81.7 cm³/mol. The summed E-state index contributed by atoms with van der Waals surface area (Å²) in [6.45, 7) is 2.58. The Balaban J connectivity index is 1.47. The molecule has 1 aliphatic rings. The van der Waals surface area contributed by atoms with Crippen LogP contribution in [0, 0.1) is 0 Å². The lowest BCUT2D eigenvalue weighted by molar-refractivity contribution is 0.106. The molecule has 0 radical (unpaired) electrons. The molecule has 1 aliphatic heterocycles. The van der Waals surface area contributed by atoms with Crippen LogP contribution in [0.15, 0.2) is 36.4 Å². The lowest BCUT2D eigenvalue weighted by Gasteiger charge is -2.23. The molecule has 1 aromatic carbocycles. The monoisotopic (exact) mass is 270 g/mol. The van der Waals surface area contributed by atoms with E-state index in [0.29, 0.717) is 12.6 Å². The number of piperidine rings is 1. The average Bonchev–Trinajstić information content (AvgIpc) is 2.52. The maximum atomic E-state index is 5.77. The molecule has 1 N–H and O–H groups in total. The Morgan fingerprint density at radius 2 is 2.10 bits per heavy atom. The second-order valence-electron chi connectivity index (χ2n) is 5.48. The lowest BCUT2D eigenvalue weighted by atomic mass is 10.0. The fourth-order valence-electron chi connectivity index (χ4n) is 2.76. The van der Waals surface area contributed by atoms with Gasteiger partial charge in [-0.25, -0.2) is 0 Å². The second-order valence-corrected chi connectivity index (χ2v) is 5.48. The highest BCUT2D eigenvalue weighted by atomic mass is 16.5. The zero-order valence-electron chi connectivity index (χ0n) is 11.8. The van der Waals surface area contributed by atoms with Crippen molar-refractivity contribution in [3.8, 4) is 0 Å². The van der Waals surface area contributed by atoms with Crippen molar-refractivity contribution in [1.29, 1.82) is 0 Å². The molecule has 2 heterocycles. The van der Waals surface area contributed by atoms with Crippen molar-refractivity contribution in [3.63, 3.8) is 0 Å². The van der Waals surface area contributed by atoms with Gasteiger partial charge in [-0.2, -0.15) is 0 Å². The van der Waals surface area contributed by atoms with Gasteiger partial charge in [-0.15, -0.1) is 0 Å². The van der Waals surface area contributed by atoms with Gasteiger partial charge in [0.2, 0.25) is 0 Å². The van der Waals surface area contributed by atoms with Crippen molar-refractivity contribution in [2.45, 2.75) is 38.3 Å². The molecule has 1 saturated heterocycles. The van der Waals surface area contributed by atoms with E-state index in [1.54, 1.807) is 0 Å². The van der Waals surface area contributed by atoms with Crippen LogP contribution in [0.2, 0.25) is 0 Å². The Labute approximate surface area is 120 Å². The van der Waals surface area contributed by atoms with Crippen LogP contribution in [0.1, 0.15) is 31.4 Å². The lowest BCUT2D eigenvalue weighted by Crippen LogP contribution is -2.34. The van der Waals surface area contributed by atoms with Gasteiger partial charge in [-0.05, 0) is 37.9 Å². The summed E-state index contributed by atoms with van der Waals surface area (Å²) >= 11 is 0. The van der Waals surface area contributed by atoms with Crippen molar-refractivity contribution >= 4 is 10.9 Å². The average molecular weight is 270 g/mol. The molecular weight excluding hydrogens is 248 g/mol. The Kier molecular flexibility index (Phi) is 4.61. The summed E-state index contributed by atoms with van der Waals surface area (Å²) < 4.78 is 5.77. The first-order valence-corrected chi connectivity index (χ1v) is 7.57. The molecule has 0 spiro atoms. The van der Waals surface area contributed by atoms with E-state index >= 15 is 0 Å². The Morgan fingerprint density at radius 1 is 1.15 bits per heavy atom. The van der Waals surface area contributed by atoms with Gasteiger partial charge in [-0.1, -0.05) is 30.7 Å². The minimum absolute atomic E-state index is 0.609. The first-order valence-electron chi connectivity index (χ1n) is 7.57. The molecule has 0 saturated carbocycles. The summed E-state index contributed by atoms with van der Waals surface area (Å²) in [7, 11) is 0. The Bertz CT molecular complexity index is 549. The van der Waals surface area contributed by atoms with Crippen LogP contribution in [-0.4, -0.2) is 24.2 Å². The summed E-state index contributed by atoms with van der Waals surface area (Å²) in [6, 6.07) is 13.0. The van der Waals surface area contributed by atoms with Gasteiger partial charge < -0.3 is 10.1 Å². The molecule has 106 valence electrons. The van der Waals surface area contributed by atoms with Gasteiger partial charge in [0.1, 0.15) is 0 Å². The minimum atomic E-state index is 0.609. The summed E-state index contributed by atoms with van der Waals surface area (Å²) in [4.78, 5) is 4.62. The Morgan fingerprint density at radius 3 is 3.00 bits per heavy atom. The van der Waals surface area contributed by atoms with Gasteiger partial charge in [0.15, 0.2) is 0 Å². The molecule has 1 aromatic heterocycles. The number of hydrogen-bond acceptors (Lipinski definition) is 3. The van der Waals surface area contributed by atoms with E-state index in [1.165, 1.54) is 24.6 Å². The van der Waals surface area contributed by atoms with Gasteiger partial charge >= 0.3 is 0 Å². The molecule has 20 heavy (non-hydrogen) atoms. The number of nitrogens with zero attached hydrogens (tertiary/aromatic N) is 1. The van der Waals surface area contributed by atoms with E-state index in [1.807, 2.05) is 18.2 Å². The fourth-order valence-corrected chi connectivity index (χ4v) is 2.76. The van der Waals surface area contributed by atoms with Gasteiger partial charge in [0.25, 0.3) is 0 Å². The number of nitrogens with one attached hydrogen (secondary N) is 1. The highest BCUT2D eigenvalue weighted by Gasteiger charge is 2.11. The van der Waals surface area contributed by atoms with Crippen molar-refractivity contribution in [3.05, 3.63) is 42.1 Å². The predicted octanol–water partition coefficient (Wildman–Crippen LogP) is 3.28. The van der Waals surface area contributed by atoms with E-state index in [2.05, 4.69) is 28.5 Å². The first kappa shape index (κ1) is 13.5. The number of para-hydroxylation sites is 1. The number of fused-ring (bicyclic) bond motifs is 1. The minimum Gasteiger partial charge on any atom is -0.375 e. The molecule has 2 aromatic rings. The molecule has 0 amide bonds. The highest BCUT2D eigenvalue weighted by Crippen LogP contribution is 2.13. The maximum Gasteiger partial charge on any atom is 0.0888 e. The third kappa shape index (κ3) is 3.56.